The van der Waals surface area contributed by atoms with Crippen LogP contribution < -0.4 is 0 Å². The number of hydrogen-bond donors (Lipinski definition) is 1. The minimum Gasteiger partial charge on any atom is -0.378 e. The van der Waals surface area contributed by atoms with E-state index in [9.17, 15) is 5.11 Å². The third-order valence-electron chi connectivity index (χ3n) is 8.78. The van der Waals surface area contributed by atoms with Crippen LogP contribution in [0.15, 0.2) is 0 Å². The second kappa shape index (κ2) is 4.76. The molecule has 4 rings (SSSR count). The molecule has 0 aliphatic heterocycles. The molecule has 0 saturated heterocycles. The van der Waals surface area contributed by atoms with Crippen LogP contribution in [0.1, 0.15) is 78.1 Å². The molecule has 0 amide bonds. The summed E-state index contributed by atoms with van der Waals surface area (Å²) in [5.41, 5.74) is 0.280. The normalized spacial score (nSPS) is 57.4. The topological polar surface area (TPSA) is 20.2 Å². The summed E-state index contributed by atoms with van der Waals surface area (Å²) in [5.74, 6) is 6.18. The highest BCUT2D eigenvalue weighted by atomic mass is 16.3. The highest BCUT2D eigenvalue weighted by Gasteiger charge is 2.59. The average Bonchev–Trinajstić information content (AvgIpc) is 2.90. The maximum absolute atomic E-state index is 10.6. The van der Waals surface area contributed by atoms with E-state index in [-0.39, 0.29) is 0 Å². The summed E-state index contributed by atoms with van der Waals surface area (Å²) in [4.78, 5) is 0. The highest BCUT2D eigenvalue weighted by Crippen LogP contribution is 2.66. The first kappa shape index (κ1) is 15.1. The van der Waals surface area contributed by atoms with Crippen LogP contribution in [0.25, 0.3) is 0 Å². The zero-order chi connectivity index (χ0) is 15.6. The predicted molar refractivity (Wildman–Crippen MR) is 90.1 cm³/mol. The minimum atomic E-state index is -0.812. The lowest BCUT2D eigenvalue weighted by Crippen LogP contribution is -2.55. The quantitative estimate of drug-likeness (QED) is 0.638. The third kappa shape index (κ3) is 1.96. The molecular weight excluding hydrogens is 268 g/mol. The Bertz CT molecular complexity index is 505. The van der Waals surface area contributed by atoms with Gasteiger partial charge >= 0.3 is 0 Å². The number of terminal acetylenes is 1. The van der Waals surface area contributed by atoms with E-state index < -0.39 is 5.60 Å². The van der Waals surface area contributed by atoms with Gasteiger partial charge in [-0.1, -0.05) is 26.2 Å². The molecule has 4 fully saturated rings. The van der Waals surface area contributed by atoms with Crippen molar-refractivity contribution in [3.63, 3.8) is 0 Å². The van der Waals surface area contributed by atoms with E-state index >= 15 is 0 Å². The average molecular weight is 300 g/mol. The molecule has 22 heavy (non-hydrogen) atoms. The van der Waals surface area contributed by atoms with Crippen LogP contribution in [-0.2, 0) is 0 Å². The molecule has 0 aromatic rings. The summed E-state index contributed by atoms with van der Waals surface area (Å²) < 4.78 is 0. The number of rotatable bonds is 0. The summed E-state index contributed by atoms with van der Waals surface area (Å²) in [5, 5.41) is 10.6. The van der Waals surface area contributed by atoms with Gasteiger partial charge in [0, 0.05) is 0 Å². The van der Waals surface area contributed by atoms with Crippen molar-refractivity contribution in [2.24, 2.45) is 34.5 Å². The fourth-order valence-electron chi connectivity index (χ4n) is 7.37. The van der Waals surface area contributed by atoms with E-state index in [0.29, 0.717) is 16.7 Å². The molecule has 1 heteroatoms. The van der Waals surface area contributed by atoms with Crippen molar-refractivity contribution >= 4 is 0 Å². The van der Waals surface area contributed by atoms with Crippen molar-refractivity contribution in [3.8, 4) is 12.3 Å². The minimum absolute atomic E-state index is 0.440. The predicted octanol–water partition coefficient (Wildman–Crippen LogP) is 4.78. The van der Waals surface area contributed by atoms with E-state index in [1.807, 2.05) is 0 Å². The zero-order valence-corrected chi connectivity index (χ0v) is 14.4. The number of aliphatic hydroxyl groups is 1. The molecule has 0 bridgehead atoms. The molecule has 0 aromatic carbocycles. The van der Waals surface area contributed by atoms with Crippen LogP contribution in [0.3, 0.4) is 0 Å². The molecular formula is C21H32O. The van der Waals surface area contributed by atoms with Crippen LogP contribution in [0.4, 0.5) is 0 Å². The van der Waals surface area contributed by atoms with E-state index in [1.54, 1.807) is 0 Å². The molecule has 122 valence electrons. The van der Waals surface area contributed by atoms with Crippen LogP contribution in [0, 0.1) is 46.8 Å². The molecule has 1 unspecified atom stereocenters. The van der Waals surface area contributed by atoms with Gasteiger partial charge in [0.05, 0.1) is 0 Å². The Morgan fingerprint density at radius 1 is 0.955 bits per heavy atom. The Hall–Kier alpha value is -0.480. The van der Waals surface area contributed by atoms with Gasteiger partial charge in [0.15, 0.2) is 0 Å². The molecule has 1 N–H and O–H groups in total. The van der Waals surface area contributed by atoms with Gasteiger partial charge in [0.2, 0.25) is 0 Å². The second-order valence-electron chi connectivity index (χ2n) is 9.62. The third-order valence-corrected chi connectivity index (χ3v) is 8.78. The lowest BCUT2D eigenvalue weighted by atomic mass is 9.44. The van der Waals surface area contributed by atoms with Gasteiger partial charge in [-0.3, -0.25) is 0 Å². The van der Waals surface area contributed by atoms with Crippen LogP contribution in [0.2, 0.25) is 0 Å². The lowest BCUT2D eigenvalue weighted by molar-refractivity contribution is -0.133. The van der Waals surface area contributed by atoms with Gasteiger partial charge in [-0.05, 0) is 92.3 Å². The van der Waals surface area contributed by atoms with Crippen molar-refractivity contribution < 1.29 is 5.11 Å². The largest absolute Gasteiger partial charge is 0.378 e. The van der Waals surface area contributed by atoms with Gasteiger partial charge in [-0.15, -0.1) is 6.42 Å². The molecule has 4 aliphatic carbocycles. The summed E-state index contributed by atoms with van der Waals surface area (Å²) in [7, 11) is 0. The van der Waals surface area contributed by atoms with Crippen LogP contribution >= 0.6 is 0 Å². The van der Waals surface area contributed by atoms with Crippen molar-refractivity contribution in [2.75, 3.05) is 0 Å². The molecule has 4 saturated carbocycles. The summed E-state index contributed by atoms with van der Waals surface area (Å²) in [6.45, 7) is 5.12. The van der Waals surface area contributed by atoms with Crippen LogP contribution in [-0.4, -0.2) is 10.7 Å². The lowest BCUT2D eigenvalue weighted by Gasteiger charge is -2.61. The first-order valence-corrected chi connectivity index (χ1v) is 9.60. The summed E-state index contributed by atoms with van der Waals surface area (Å²) >= 11 is 0. The Labute approximate surface area is 136 Å². The SMILES string of the molecule is C#C[C@]1(O)CC[C@@]2(C)C(CC[C@H]3[C@@H]4CCC[C@@]4(C)CC[C@@H]32)C1. The fourth-order valence-corrected chi connectivity index (χ4v) is 7.37. The number of hydrogen-bond acceptors (Lipinski definition) is 1. The first-order valence-electron chi connectivity index (χ1n) is 9.60. The molecule has 0 spiro atoms. The zero-order valence-electron chi connectivity index (χ0n) is 14.4. The maximum atomic E-state index is 10.6. The van der Waals surface area contributed by atoms with Gasteiger partial charge < -0.3 is 5.11 Å². The van der Waals surface area contributed by atoms with E-state index in [1.165, 1.54) is 44.9 Å². The smallest absolute Gasteiger partial charge is 0.125 e. The molecule has 0 aromatic heterocycles. The fraction of sp³-hybridized carbons (Fsp3) is 0.905. The summed E-state index contributed by atoms with van der Waals surface area (Å²) in [6.07, 6.45) is 18.4. The second-order valence-corrected chi connectivity index (χ2v) is 9.62. The molecule has 0 radical (unpaired) electrons. The van der Waals surface area contributed by atoms with E-state index in [2.05, 4.69) is 19.8 Å². The standard InChI is InChI=1S/C21H32O/c1-4-21(22)13-12-20(3)15(14-21)7-8-16-17-6-5-10-19(17,2)11-9-18(16)20/h1,15-18,22H,5-14H2,2-3H3/t15?,16-,17-,18-,19-,20-,21-/m0/s1. The molecule has 4 aliphatic rings. The van der Waals surface area contributed by atoms with Gasteiger partial charge in [0.25, 0.3) is 0 Å². The van der Waals surface area contributed by atoms with E-state index in [4.69, 9.17) is 6.42 Å². The highest BCUT2D eigenvalue weighted by molar-refractivity contribution is 5.15. The van der Waals surface area contributed by atoms with Crippen molar-refractivity contribution in [3.05, 3.63) is 0 Å². The number of fused-ring (bicyclic) bond motifs is 5. The van der Waals surface area contributed by atoms with Crippen molar-refractivity contribution in [1.82, 2.24) is 0 Å². The van der Waals surface area contributed by atoms with Crippen molar-refractivity contribution in [2.45, 2.75) is 83.7 Å². The van der Waals surface area contributed by atoms with Gasteiger partial charge in [0.1, 0.15) is 5.60 Å². The Morgan fingerprint density at radius 3 is 2.55 bits per heavy atom. The van der Waals surface area contributed by atoms with Gasteiger partial charge in [-0.25, -0.2) is 0 Å². The molecule has 1 nitrogen and oxygen atoms in total. The monoisotopic (exact) mass is 300 g/mol. The molecule has 7 atom stereocenters. The first-order chi connectivity index (χ1) is 10.4. The Balaban J connectivity index is 1.61. The Morgan fingerprint density at radius 2 is 1.77 bits per heavy atom. The van der Waals surface area contributed by atoms with Crippen LogP contribution in [0.5, 0.6) is 0 Å². The Kier molecular flexibility index (Phi) is 3.26. The van der Waals surface area contributed by atoms with Crippen molar-refractivity contribution in [1.29, 1.82) is 0 Å². The maximum Gasteiger partial charge on any atom is 0.125 e. The van der Waals surface area contributed by atoms with Gasteiger partial charge in [-0.2, -0.15) is 0 Å². The summed E-state index contributed by atoms with van der Waals surface area (Å²) in [6, 6.07) is 0. The van der Waals surface area contributed by atoms with E-state index in [0.717, 1.165) is 37.0 Å². The molecule has 0 heterocycles.